The third-order valence-electron chi connectivity index (χ3n) is 3.14. The average molecular weight is 330 g/mol. The van der Waals surface area contributed by atoms with Gasteiger partial charge in [-0.3, -0.25) is 4.98 Å². The number of thiophene rings is 1. The molecular formula is C16H14N2O2S2. The highest BCUT2D eigenvalue weighted by Gasteiger charge is 2.15. The van der Waals surface area contributed by atoms with Crippen LogP contribution in [0.1, 0.15) is 9.67 Å². The number of aromatic nitrogens is 1. The van der Waals surface area contributed by atoms with Crippen molar-refractivity contribution in [3.63, 3.8) is 0 Å². The van der Waals surface area contributed by atoms with Gasteiger partial charge in [0.1, 0.15) is 4.88 Å². The summed E-state index contributed by atoms with van der Waals surface area (Å²) in [6.07, 6.45) is 3.78. The molecule has 0 saturated heterocycles. The van der Waals surface area contributed by atoms with E-state index in [1.165, 1.54) is 18.4 Å². The first-order valence-electron chi connectivity index (χ1n) is 6.59. The number of hydrogen-bond donors (Lipinski definition) is 1. The van der Waals surface area contributed by atoms with E-state index in [4.69, 9.17) is 4.74 Å². The molecule has 22 heavy (non-hydrogen) atoms. The molecule has 112 valence electrons. The smallest absolute Gasteiger partial charge is 0.348 e. The lowest BCUT2D eigenvalue weighted by Gasteiger charge is -2.07. The van der Waals surface area contributed by atoms with Crippen LogP contribution in [0.25, 0.3) is 10.9 Å². The lowest BCUT2D eigenvalue weighted by Crippen LogP contribution is -1.97. The maximum atomic E-state index is 11.7. The van der Waals surface area contributed by atoms with Gasteiger partial charge in [-0.2, -0.15) is 0 Å². The predicted octanol–water partition coefficient (Wildman–Crippen LogP) is 4.55. The van der Waals surface area contributed by atoms with E-state index < -0.39 is 0 Å². The first-order valence-corrected chi connectivity index (χ1v) is 8.63. The summed E-state index contributed by atoms with van der Waals surface area (Å²) in [5.41, 5.74) is 2.75. The Kier molecular flexibility index (Phi) is 4.31. The van der Waals surface area contributed by atoms with E-state index in [2.05, 4.69) is 10.3 Å². The Morgan fingerprint density at radius 2 is 2.14 bits per heavy atom. The summed E-state index contributed by atoms with van der Waals surface area (Å²) in [5, 5.41) is 4.41. The number of carbonyl (C=O) groups is 1. The number of pyridine rings is 1. The van der Waals surface area contributed by atoms with Gasteiger partial charge in [-0.15, -0.1) is 23.1 Å². The number of para-hydroxylation sites is 1. The highest BCUT2D eigenvalue weighted by atomic mass is 32.2. The van der Waals surface area contributed by atoms with E-state index in [0.717, 1.165) is 26.5 Å². The van der Waals surface area contributed by atoms with Crippen molar-refractivity contribution < 1.29 is 9.53 Å². The molecule has 1 N–H and O–H groups in total. The molecule has 0 atom stereocenters. The van der Waals surface area contributed by atoms with Crippen LogP contribution >= 0.6 is 23.1 Å². The van der Waals surface area contributed by atoms with Gasteiger partial charge >= 0.3 is 5.97 Å². The van der Waals surface area contributed by atoms with Gasteiger partial charge in [0.15, 0.2) is 0 Å². The number of rotatable bonds is 4. The Morgan fingerprint density at radius 1 is 1.32 bits per heavy atom. The first-order chi connectivity index (χ1) is 10.7. The number of hydrogen-bond acceptors (Lipinski definition) is 6. The molecular weight excluding hydrogens is 316 g/mol. The van der Waals surface area contributed by atoms with Gasteiger partial charge in [0.2, 0.25) is 0 Å². The molecule has 1 aromatic carbocycles. The second-order valence-electron chi connectivity index (χ2n) is 4.55. The fraction of sp³-hybridized carbons (Fsp3) is 0.125. The van der Waals surface area contributed by atoms with E-state index in [1.807, 2.05) is 42.7 Å². The lowest BCUT2D eigenvalue weighted by atomic mass is 10.2. The van der Waals surface area contributed by atoms with Crippen LogP contribution in [-0.2, 0) is 4.74 Å². The summed E-state index contributed by atoms with van der Waals surface area (Å²) in [4.78, 5) is 16.7. The van der Waals surface area contributed by atoms with Crippen LogP contribution in [0.5, 0.6) is 0 Å². The van der Waals surface area contributed by atoms with Crippen molar-refractivity contribution in [3.05, 3.63) is 47.5 Å². The van der Waals surface area contributed by atoms with E-state index in [9.17, 15) is 4.79 Å². The van der Waals surface area contributed by atoms with Crippen LogP contribution in [0.3, 0.4) is 0 Å². The zero-order valence-electron chi connectivity index (χ0n) is 12.1. The van der Waals surface area contributed by atoms with Crippen molar-refractivity contribution in [2.45, 2.75) is 4.21 Å². The van der Waals surface area contributed by atoms with Gasteiger partial charge in [-0.05, 0) is 24.5 Å². The quantitative estimate of drug-likeness (QED) is 0.562. The topological polar surface area (TPSA) is 51.2 Å². The fourth-order valence-corrected chi connectivity index (χ4v) is 3.80. The Balaban J connectivity index is 1.93. The minimum atomic E-state index is -0.315. The summed E-state index contributed by atoms with van der Waals surface area (Å²) < 4.78 is 5.81. The fourth-order valence-electron chi connectivity index (χ4n) is 2.11. The monoisotopic (exact) mass is 330 g/mol. The number of ether oxygens (including phenoxy) is 1. The molecule has 0 bridgehead atoms. The molecule has 0 radical (unpaired) electrons. The number of anilines is 2. The first kappa shape index (κ1) is 14.9. The summed E-state index contributed by atoms with van der Waals surface area (Å²) in [6.45, 7) is 0. The molecule has 0 fully saturated rings. The van der Waals surface area contributed by atoms with Gasteiger partial charge in [0.05, 0.1) is 34.4 Å². The van der Waals surface area contributed by atoms with Crippen molar-refractivity contribution in [1.82, 2.24) is 4.98 Å². The Morgan fingerprint density at radius 3 is 2.91 bits per heavy atom. The van der Waals surface area contributed by atoms with Crippen LogP contribution in [-0.4, -0.2) is 24.3 Å². The molecule has 0 aliphatic heterocycles. The SMILES string of the molecule is COC(=O)c1cc(Nc2cnc3ccccc3c2)c(SC)s1. The highest BCUT2D eigenvalue weighted by molar-refractivity contribution is 8.00. The van der Waals surface area contributed by atoms with Crippen molar-refractivity contribution in [2.24, 2.45) is 0 Å². The Hall–Kier alpha value is -2.05. The zero-order valence-corrected chi connectivity index (χ0v) is 13.8. The molecule has 0 aliphatic rings. The predicted molar refractivity (Wildman–Crippen MR) is 92.5 cm³/mol. The van der Waals surface area contributed by atoms with E-state index >= 15 is 0 Å². The molecule has 0 amide bonds. The number of benzene rings is 1. The van der Waals surface area contributed by atoms with Gasteiger partial charge in [0.25, 0.3) is 0 Å². The van der Waals surface area contributed by atoms with E-state index in [-0.39, 0.29) is 5.97 Å². The number of carbonyl (C=O) groups excluding carboxylic acids is 1. The number of nitrogens with zero attached hydrogens (tertiary/aromatic N) is 1. The summed E-state index contributed by atoms with van der Waals surface area (Å²) in [7, 11) is 1.39. The largest absolute Gasteiger partial charge is 0.465 e. The standard InChI is InChI=1S/C16H14N2O2S2/c1-20-15(19)14-8-13(16(21-2)22-14)18-11-7-10-5-3-4-6-12(10)17-9-11/h3-9,18H,1-2H3. The highest BCUT2D eigenvalue weighted by Crippen LogP contribution is 2.37. The normalized spacial score (nSPS) is 10.6. The molecule has 2 heterocycles. The maximum Gasteiger partial charge on any atom is 0.348 e. The van der Waals surface area contributed by atoms with Crippen LogP contribution in [0, 0.1) is 0 Å². The maximum absolute atomic E-state index is 11.7. The van der Waals surface area contributed by atoms with Gasteiger partial charge in [-0.25, -0.2) is 4.79 Å². The average Bonchev–Trinajstić information content (AvgIpc) is 2.97. The molecule has 6 heteroatoms. The Bertz CT molecular complexity index is 830. The van der Waals surface area contributed by atoms with Crippen LogP contribution < -0.4 is 5.32 Å². The van der Waals surface area contributed by atoms with Crippen molar-refractivity contribution in [3.8, 4) is 0 Å². The van der Waals surface area contributed by atoms with Gasteiger partial charge in [0, 0.05) is 5.39 Å². The van der Waals surface area contributed by atoms with Crippen molar-refractivity contribution >= 4 is 51.3 Å². The molecule has 0 unspecified atom stereocenters. The minimum absolute atomic E-state index is 0.315. The number of fused-ring (bicyclic) bond motifs is 1. The van der Waals surface area contributed by atoms with E-state index in [0.29, 0.717) is 4.88 Å². The summed E-state index contributed by atoms with van der Waals surface area (Å²) in [6, 6.07) is 11.8. The molecule has 0 saturated carbocycles. The Labute approximate surface area is 136 Å². The zero-order chi connectivity index (χ0) is 15.5. The van der Waals surface area contributed by atoms with Gasteiger partial charge in [-0.1, -0.05) is 18.2 Å². The molecule has 3 rings (SSSR count). The number of nitrogens with one attached hydrogen (secondary N) is 1. The second kappa shape index (κ2) is 6.37. The minimum Gasteiger partial charge on any atom is -0.465 e. The van der Waals surface area contributed by atoms with E-state index in [1.54, 1.807) is 18.0 Å². The molecule has 0 aliphatic carbocycles. The van der Waals surface area contributed by atoms with Crippen LogP contribution in [0.15, 0.2) is 46.8 Å². The number of thioether (sulfide) groups is 1. The second-order valence-corrected chi connectivity index (χ2v) is 6.68. The number of esters is 1. The van der Waals surface area contributed by atoms with Crippen LogP contribution in [0.4, 0.5) is 11.4 Å². The third kappa shape index (κ3) is 2.93. The third-order valence-corrected chi connectivity index (χ3v) is 5.39. The lowest BCUT2D eigenvalue weighted by molar-refractivity contribution is 0.0606. The molecule has 3 aromatic rings. The van der Waals surface area contributed by atoms with Crippen molar-refractivity contribution in [1.29, 1.82) is 0 Å². The molecule has 2 aromatic heterocycles. The van der Waals surface area contributed by atoms with Gasteiger partial charge < -0.3 is 10.1 Å². The summed E-state index contributed by atoms with van der Waals surface area (Å²) >= 11 is 3.02. The molecule has 4 nitrogen and oxygen atoms in total. The molecule has 0 spiro atoms. The number of methoxy groups -OCH3 is 1. The van der Waals surface area contributed by atoms with Crippen molar-refractivity contribution in [2.75, 3.05) is 18.7 Å². The summed E-state index contributed by atoms with van der Waals surface area (Å²) in [5.74, 6) is -0.315. The van der Waals surface area contributed by atoms with Crippen LogP contribution in [0.2, 0.25) is 0 Å².